The number of anilines is 2. The number of nitrogens with one attached hydrogen (secondary N) is 1. The molecule has 1 aromatic rings. The summed E-state index contributed by atoms with van der Waals surface area (Å²) in [6.07, 6.45) is 0. The molecule has 0 spiro atoms. The molecule has 0 radical (unpaired) electrons. The summed E-state index contributed by atoms with van der Waals surface area (Å²) in [5.41, 5.74) is 0.252. The first-order valence-electron chi connectivity index (χ1n) is 3.25. The second-order valence-corrected chi connectivity index (χ2v) is 2.09. The summed E-state index contributed by atoms with van der Waals surface area (Å²) in [6, 6.07) is 5.14. The summed E-state index contributed by atoms with van der Waals surface area (Å²) >= 11 is 0. The van der Waals surface area contributed by atoms with Crippen molar-refractivity contribution in [1.29, 1.82) is 0 Å². The molecule has 0 aromatic heterocycles. The van der Waals surface area contributed by atoms with E-state index in [4.69, 9.17) is 0 Å². The lowest BCUT2D eigenvalue weighted by Gasteiger charge is -2.03. The van der Waals surface area contributed by atoms with Crippen LogP contribution in [0.4, 0.5) is 24.7 Å². The van der Waals surface area contributed by atoms with E-state index in [0.717, 1.165) is 0 Å². The standard InChI is InChI=1S/C7H7F3N2/c8-5-11-6-1-3-7(4-2-6)12(9)10/h1-4,11H,5H2. The summed E-state index contributed by atoms with van der Waals surface area (Å²) < 4.78 is 35.3. The third-order valence-electron chi connectivity index (χ3n) is 1.33. The van der Waals surface area contributed by atoms with E-state index in [1.54, 1.807) is 0 Å². The molecular weight excluding hydrogens is 169 g/mol. The molecule has 0 fully saturated rings. The maximum atomic E-state index is 11.8. The van der Waals surface area contributed by atoms with Crippen molar-refractivity contribution in [1.82, 2.24) is 0 Å². The molecule has 1 aromatic carbocycles. The number of alkyl halides is 1. The van der Waals surface area contributed by atoms with Gasteiger partial charge >= 0.3 is 0 Å². The Morgan fingerprint density at radius 3 is 2.17 bits per heavy atom. The molecule has 0 saturated carbocycles. The number of hydrogen-bond acceptors (Lipinski definition) is 2. The SMILES string of the molecule is FCNc1ccc(N(F)F)cc1. The Hall–Kier alpha value is -1.39. The quantitative estimate of drug-likeness (QED) is 0.562. The van der Waals surface area contributed by atoms with E-state index in [1.165, 1.54) is 24.3 Å². The fraction of sp³-hybridized carbons (Fsp3) is 0.143. The third kappa shape index (κ3) is 2.05. The topological polar surface area (TPSA) is 15.3 Å². The lowest BCUT2D eigenvalue weighted by atomic mass is 10.3. The van der Waals surface area contributed by atoms with Gasteiger partial charge in [-0.1, -0.05) is 8.96 Å². The van der Waals surface area contributed by atoms with Crippen LogP contribution in [-0.4, -0.2) is 6.80 Å². The number of rotatable bonds is 3. The van der Waals surface area contributed by atoms with Crippen molar-refractivity contribution < 1.29 is 13.4 Å². The highest BCUT2D eigenvalue weighted by Crippen LogP contribution is 2.18. The minimum Gasteiger partial charge on any atom is -0.359 e. The summed E-state index contributed by atoms with van der Waals surface area (Å²) in [5, 5.41) is 1.34. The van der Waals surface area contributed by atoms with Crippen LogP contribution in [0.1, 0.15) is 0 Å². The third-order valence-corrected chi connectivity index (χ3v) is 1.33. The molecule has 66 valence electrons. The molecule has 0 saturated heterocycles. The fourth-order valence-electron chi connectivity index (χ4n) is 0.769. The zero-order valence-corrected chi connectivity index (χ0v) is 6.10. The lowest BCUT2D eigenvalue weighted by molar-refractivity contribution is 0.235. The molecule has 0 aliphatic heterocycles. The van der Waals surface area contributed by atoms with Crippen molar-refractivity contribution in [2.75, 3.05) is 17.5 Å². The second kappa shape index (κ2) is 3.85. The Balaban J connectivity index is 2.71. The van der Waals surface area contributed by atoms with E-state index in [-0.39, 0.29) is 5.69 Å². The van der Waals surface area contributed by atoms with Crippen LogP contribution >= 0.6 is 0 Å². The van der Waals surface area contributed by atoms with Gasteiger partial charge in [-0.3, -0.25) is 0 Å². The Bertz CT molecular complexity index is 235. The van der Waals surface area contributed by atoms with Crippen molar-refractivity contribution in [2.45, 2.75) is 0 Å². The minimum atomic E-state index is -1.00. The molecule has 1 N–H and O–H groups in total. The molecule has 12 heavy (non-hydrogen) atoms. The molecule has 0 unspecified atom stereocenters. The van der Waals surface area contributed by atoms with Crippen LogP contribution in [0, 0.1) is 0 Å². The largest absolute Gasteiger partial charge is 0.359 e. The van der Waals surface area contributed by atoms with Crippen LogP contribution in [-0.2, 0) is 0 Å². The molecule has 2 nitrogen and oxygen atoms in total. The predicted molar refractivity (Wildman–Crippen MR) is 40.7 cm³/mol. The molecular formula is C7H7F3N2. The Morgan fingerprint density at radius 1 is 1.17 bits per heavy atom. The van der Waals surface area contributed by atoms with E-state index >= 15 is 0 Å². The van der Waals surface area contributed by atoms with Gasteiger partial charge in [-0.2, -0.15) is 0 Å². The number of halogens is 3. The number of benzene rings is 1. The van der Waals surface area contributed by atoms with Gasteiger partial charge in [0.1, 0.15) is 5.69 Å². The van der Waals surface area contributed by atoms with Gasteiger partial charge in [0, 0.05) is 5.69 Å². The van der Waals surface area contributed by atoms with Crippen molar-refractivity contribution in [3.63, 3.8) is 0 Å². The van der Waals surface area contributed by atoms with E-state index in [2.05, 4.69) is 5.32 Å². The first-order valence-corrected chi connectivity index (χ1v) is 3.25. The van der Waals surface area contributed by atoms with Gasteiger partial charge in [0.15, 0.2) is 6.80 Å². The van der Waals surface area contributed by atoms with Crippen molar-refractivity contribution in [3.05, 3.63) is 24.3 Å². The number of nitrogens with zero attached hydrogens (tertiary/aromatic N) is 1. The Morgan fingerprint density at radius 2 is 1.75 bits per heavy atom. The minimum absolute atomic E-state index is 0.223. The summed E-state index contributed by atoms with van der Waals surface area (Å²) in [5.74, 6) is 0. The summed E-state index contributed by atoms with van der Waals surface area (Å²) in [6.45, 7) is -0.714. The van der Waals surface area contributed by atoms with E-state index in [0.29, 0.717) is 5.69 Å². The molecule has 1 rings (SSSR count). The van der Waals surface area contributed by atoms with Gasteiger partial charge < -0.3 is 5.32 Å². The molecule has 0 heterocycles. The summed E-state index contributed by atoms with van der Waals surface area (Å²) in [4.78, 5) is 0. The molecule has 0 amide bonds. The summed E-state index contributed by atoms with van der Waals surface area (Å²) in [7, 11) is 0. The lowest BCUT2D eigenvalue weighted by Crippen LogP contribution is -1.97. The predicted octanol–water partition coefficient (Wildman–Crippen LogP) is 2.60. The molecule has 0 bridgehead atoms. The van der Waals surface area contributed by atoms with Crippen LogP contribution in [0.2, 0.25) is 0 Å². The van der Waals surface area contributed by atoms with Crippen LogP contribution in [0.3, 0.4) is 0 Å². The van der Waals surface area contributed by atoms with Gasteiger partial charge in [0.2, 0.25) is 0 Å². The normalized spacial score (nSPS) is 9.58. The van der Waals surface area contributed by atoms with E-state index in [9.17, 15) is 13.4 Å². The van der Waals surface area contributed by atoms with Gasteiger partial charge in [0.05, 0.1) is 0 Å². The second-order valence-electron chi connectivity index (χ2n) is 2.09. The Labute approximate surface area is 67.5 Å². The molecule has 0 aliphatic carbocycles. The Kier molecular flexibility index (Phi) is 2.79. The van der Waals surface area contributed by atoms with Crippen molar-refractivity contribution in [2.24, 2.45) is 0 Å². The van der Waals surface area contributed by atoms with Gasteiger partial charge in [0.25, 0.3) is 0 Å². The molecule has 0 atom stereocenters. The van der Waals surface area contributed by atoms with Gasteiger partial charge in [-0.05, 0) is 29.6 Å². The smallest absolute Gasteiger partial charge is 0.159 e. The van der Waals surface area contributed by atoms with Crippen LogP contribution < -0.4 is 10.7 Å². The van der Waals surface area contributed by atoms with Crippen molar-refractivity contribution in [3.8, 4) is 0 Å². The fourth-order valence-corrected chi connectivity index (χ4v) is 0.769. The molecule has 0 aliphatic rings. The van der Waals surface area contributed by atoms with E-state index < -0.39 is 12.1 Å². The van der Waals surface area contributed by atoms with Crippen molar-refractivity contribution >= 4 is 11.4 Å². The van der Waals surface area contributed by atoms with Crippen LogP contribution in [0.5, 0.6) is 0 Å². The van der Waals surface area contributed by atoms with Crippen LogP contribution in [0.15, 0.2) is 24.3 Å². The maximum absolute atomic E-state index is 11.8. The highest BCUT2D eigenvalue weighted by atomic mass is 19.4. The molecule has 5 heteroatoms. The zero-order chi connectivity index (χ0) is 8.97. The maximum Gasteiger partial charge on any atom is 0.159 e. The average Bonchev–Trinajstić information content (AvgIpc) is 2.06. The van der Waals surface area contributed by atoms with Gasteiger partial charge in [-0.25, -0.2) is 4.39 Å². The zero-order valence-electron chi connectivity index (χ0n) is 6.10. The highest BCUT2D eigenvalue weighted by molar-refractivity contribution is 5.52. The first-order chi connectivity index (χ1) is 5.74. The first kappa shape index (κ1) is 8.70. The van der Waals surface area contributed by atoms with Crippen LogP contribution in [0.25, 0.3) is 0 Å². The average molecular weight is 176 g/mol. The number of hydrogen-bond donors (Lipinski definition) is 1. The van der Waals surface area contributed by atoms with E-state index in [1.807, 2.05) is 0 Å². The monoisotopic (exact) mass is 176 g/mol. The highest BCUT2D eigenvalue weighted by Gasteiger charge is 2.00. The van der Waals surface area contributed by atoms with Gasteiger partial charge in [-0.15, -0.1) is 0 Å².